The zero-order valence-electron chi connectivity index (χ0n) is 19.3. The minimum Gasteiger partial charge on any atom is -0.436 e. The summed E-state index contributed by atoms with van der Waals surface area (Å²) in [5.41, 5.74) is 9.77. The van der Waals surface area contributed by atoms with Crippen LogP contribution in [0.25, 0.3) is 61.2 Å². The van der Waals surface area contributed by atoms with Crippen molar-refractivity contribution in [2.75, 3.05) is 0 Å². The monoisotopic (exact) mass is 450 g/mol. The van der Waals surface area contributed by atoms with Gasteiger partial charge in [0.25, 0.3) is 0 Å². The molecular formula is C32H22N2O. The minimum atomic E-state index is 0.655. The zero-order valence-corrected chi connectivity index (χ0v) is 19.3. The van der Waals surface area contributed by atoms with Gasteiger partial charge in [0.05, 0.1) is 11.0 Å². The Bertz CT molecular complexity index is 1840. The molecule has 0 radical (unpaired) electrons. The standard InChI is InChI=1S/C32H22N2O/c1-21-8-7-12-28-31(21)35-32(33-28)23-16-14-22(15-17-23)24-18-19-30-27(20-24)26-11-5-6-13-29(26)34(30)25-9-3-2-4-10-25/h2-20H,1H3. The molecule has 7 rings (SSSR count). The van der Waals surface area contributed by atoms with Crippen LogP contribution in [-0.2, 0) is 0 Å². The number of aryl methyl sites for hydroxylation is 1. The average molecular weight is 451 g/mol. The second kappa shape index (κ2) is 7.71. The molecule has 0 spiro atoms. The van der Waals surface area contributed by atoms with Crippen LogP contribution in [0.5, 0.6) is 0 Å². The van der Waals surface area contributed by atoms with Gasteiger partial charge in [0.1, 0.15) is 5.52 Å². The Labute approximate surface area is 202 Å². The highest BCUT2D eigenvalue weighted by molar-refractivity contribution is 6.10. The Hall–Kier alpha value is -4.63. The lowest BCUT2D eigenvalue weighted by molar-refractivity contribution is 0.617. The Kier molecular flexibility index (Phi) is 4.36. The molecule has 0 fully saturated rings. The summed E-state index contributed by atoms with van der Waals surface area (Å²) in [6.07, 6.45) is 0. The molecule has 0 aliphatic heterocycles. The van der Waals surface area contributed by atoms with Gasteiger partial charge in [-0.15, -0.1) is 0 Å². The highest BCUT2D eigenvalue weighted by Crippen LogP contribution is 2.35. The van der Waals surface area contributed by atoms with Crippen molar-refractivity contribution in [3.8, 4) is 28.3 Å². The van der Waals surface area contributed by atoms with E-state index in [1.54, 1.807) is 0 Å². The van der Waals surface area contributed by atoms with E-state index in [0.717, 1.165) is 22.2 Å². The number of aromatic nitrogens is 2. The smallest absolute Gasteiger partial charge is 0.227 e. The molecule has 0 saturated heterocycles. The molecule has 0 atom stereocenters. The summed E-state index contributed by atoms with van der Waals surface area (Å²) in [4.78, 5) is 4.68. The summed E-state index contributed by atoms with van der Waals surface area (Å²) in [7, 11) is 0. The number of oxazole rings is 1. The molecule has 0 aliphatic rings. The van der Waals surface area contributed by atoms with Crippen LogP contribution < -0.4 is 0 Å². The largest absolute Gasteiger partial charge is 0.436 e. The molecule has 7 aromatic rings. The lowest BCUT2D eigenvalue weighted by Gasteiger charge is -2.08. The van der Waals surface area contributed by atoms with Crippen LogP contribution in [0.15, 0.2) is 120 Å². The molecule has 5 aromatic carbocycles. The van der Waals surface area contributed by atoms with E-state index in [4.69, 9.17) is 4.42 Å². The van der Waals surface area contributed by atoms with Gasteiger partial charge in [0, 0.05) is 22.0 Å². The third-order valence-electron chi connectivity index (χ3n) is 6.76. The molecule has 166 valence electrons. The van der Waals surface area contributed by atoms with Crippen LogP contribution in [0.2, 0.25) is 0 Å². The van der Waals surface area contributed by atoms with Crippen LogP contribution in [0, 0.1) is 6.92 Å². The van der Waals surface area contributed by atoms with E-state index in [0.29, 0.717) is 5.89 Å². The number of fused-ring (bicyclic) bond motifs is 4. The van der Waals surface area contributed by atoms with Gasteiger partial charge in [-0.1, -0.05) is 66.7 Å². The van der Waals surface area contributed by atoms with Crippen molar-refractivity contribution < 1.29 is 4.42 Å². The quantitative estimate of drug-likeness (QED) is 0.270. The Morgan fingerprint density at radius 2 is 1.31 bits per heavy atom. The lowest BCUT2D eigenvalue weighted by atomic mass is 10.0. The van der Waals surface area contributed by atoms with Crippen molar-refractivity contribution in [2.24, 2.45) is 0 Å². The Morgan fingerprint density at radius 3 is 2.14 bits per heavy atom. The Balaban J connectivity index is 1.33. The predicted octanol–water partition coefficient (Wildman–Crippen LogP) is 8.57. The normalized spacial score (nSPS) is 11.6. The van der Waals surface area contributed by atoms with E-state index in [9.17, 15) is 0 Å². The Morgan fingerprint density at radius 1 is 0.600 bits per heavy atom. The fourth-order valence-corrected chi connectivity index (χ4v) is 5.02. The van der Waals surface area contributed by atoms with Gasteiger partial charge >= 0.3 is 0 Å². The fraction of sp³-hybridized carbons (Fsp3) is 0.0312. The van der Waals surface area contributed by atoms with Gasteiger partial charge in [-0.2, -0.15) is 0 Å². The number of rotatable bonds is 3. The molecule has 0 bridgehead atoms. The molecule has 3 heteroatoms. The summed E-state index contributed by atoms with van der Waals surface area (Å²) >= 11 is 0. The summed E-state index contributed by atoms with van der Waals surface area (Å²) < 4.78 is 8.41. The van der Waals surface area contributed by atoms with Crippen LogP contribution in [-0.4, -0.2) is 9.55 Å². The first-order valence-electron chi connectivity index (χ1n) is 11.8. The van der Waals surface area contributed by atoms with E-state index in [1.165, 1.54) is 38.6 Å². The van der Waals surface area contributed by atoms with Gasteiger partial charge in [0.15, 0.2) is 5.58 Å². The number of benzene rings is 5. The molecule has 0 N–H and O–H groups in total. The van der Waals surface area contributed by atoms with E-state index in [2.05, 4.69) is 107 Å². The summed E-state index contributed by atoms with van der Waals surface area (Å²) in [6, 6.07) is 40.4. The highest BCUT2D eigenvalue weighted by atomic mass is 16.3. The first-order valence-corrected chi connectivity index (χ1v) is 11.8. The third-order valence-corrected chi connectivity index (χ3v) is 6.76. The van der Waals surface area contributed by atoms with Crippen molar-refractivity contribution in [3.05, 3.63) is 121 Å². The van der Waals surface area contributed by atoms with Gasteiger partial charge in [-0.25, -0.2) is 4.98 Å². The van der Waals surface area contributed by atoms with Crippen LogP contribution in [0.1, 0.15) is 5.56 Å². The SMILES string of the molecule is Cc1cccc2nc(-c3ccc(-c4ccc5c(c4)c4ccccc4n5-c4ccccc4)cc3)oc12. The average Bonchev–Trinajstić information content (AvgIpc) is 3.50. The van der Waals surface area contributed by atoms with E-state index < -0.39 is 0 Å². The van der Waals surface area contributed by atoms with E-state index in [1.807, 2.05) is 25.1 Å². The molecule has 0 amide bonds. The summed E-state index contributed by atoms with van der Waals surface area (Å²) in [6.45, 7) is 2.05. The van der Waals surface area contributed by atoms with Crippen molar-refractivity contribution in [1.29, 1.82) is 0 Å². The summed E-state index contributed by atoms with van der Waals surface area (Å²) in [5, 5.41) is 2.51. The van der Waals surface area contributed by atoms with Crippen molar-refractivity contribution in [2.45, 2.75) is 6.92 Å². The van der Waals surface area contributed by atoms with Gasteiger partial charge < -0.3 is 8.98 Å². The molecule has 2 aromatic heterocycles. The highest BCUT2D eigenvalue weighted by Gasteiger charge is 2.14. The lowest BCUT2D eigenvalue weighted by Crippen LogP contribution is -1.92. The molecule has 0 saturated carbocycles. The maximum Gasteiger partial charge on any atom is 0.227 e. The van der Waals surface area contributed by atoms with Gasteiger partial charge in [-0.05, 0) is 72.1 Å². The molecule has 2 heterocycles. The van der Waals surface area contributed by atoms with E-state index >= 15 is 0 Å². The summed E-state index contributed by atoms with van der Waals surface area (Å²) in [5.74, 6) is 0.655. The van der Waals surface area contributed by atoms with Crippen LogP contribution >= 0.6 is 0 Å². The molecule has 35 heavy (non-hydrogen) atoms. The number of hydrogen-bond donors (Lipinski definition) is 0. The fourth-order valence-electron chi connectivity index (χ4n) is 5.02. The maximum absolute atomic E-state index is 6.07. The second-order valence-corrected chi connectivity index (χ2v) is 8.94. The van der Waals surface area contributed by atoms with Gasteiger partial charge in [0.2, 0.25) is 5.89 Å². The first kappa shape index (κ1) is 19.8. The third kappa shape index (κ3) is 3.17. The minimum absolute atomic E-state index is 0.655. The topological polar surface area (TPSA) is 31.0 Å². The second-order valence-electron chi connectivity index (χ2n) is 8.94. The predicted molar refractivity (Wildman–Crippen MR) is 144 cm³/mol. The van der Waals surface area contributed by atoms with Gasteiger partial charge in [-0.3, -0.25) is 0 Å². The van der Waals surface area contributed by atoms with Crippen molar-refractivity contribution in [1.82, 2.24) is 9.55 Å². The molecule has 0 aliphatic carbocycles. The number of para-hydroxylation sites is 3. The van der Waals surface area contributed by atoms with Crippen molar-refractivity contribution >= 4 is 32.9 Å². The van der Waals surface area contributed by atoms with E-state index in [-0.39, 0.29) is 0 Å². The molecular weight excluding hydrogens is 428 g/mol. The number of hydrogen-bond acceptors (Lipinski definition) is 2. The molecule has 3 nitrogen and oxygen atoms in total. The number of nitrogens with zero attached hydrogens (tertiary/aromatic N) is 2. The first-order chi connectivity index (χ1) is 17.3. The zero-order chi connectivity index (χ0) is 23.4. The van der Waals surface area contributed by atoms with Crippen LogP contribution in [0.4, 0.5) is 0 Å². The molecule has 0 unspecified atom stereocenters. The van der Waals surface area contributed by atoms with Crippen LogP contribution in [0.3, 0.4) is 0 Å². The maximum atomic E-state index is 6.07. The van der Waals surface area contributed by atoms with Crippen molar-refractivity contribution in [3.63, 3.8) is 0 Å².